The topological polar surface area (TPSA) is 68.0 Å². The molecule has 0 atom stereocenters. The van der Waals surface area contributed by atoms with Gasteiger partial charge in [0.2, 0.25) is 0 Å². The Kier molecular flexibility index (Phi) is 3.16. The summed E-state index contributed by atoms with van der Waals surface area (Å²) in [6, 6.07) is 8.29. The van der Waals surface area contributed by atoms with Crippen LogP contribution in [0.3, 0.4) is 0 Å². The van der Waals surface area contributed by atoms with Gasteiger partial charge in [0, 0.05) is 54.5 Å². The average molecular weight is 347 g/mol. The van der Waals surface area contributed by atoms with Gasteiger partial charge in [-0.15, -0.1) is 0 Å². The molecular weight excluding hydrogens is 326 g/mol. The van der Waals surface area contributed by atoms with Gasteiger partial charge in [0.05, 0.1) is 6.20 Å². The Labute approximate surface area is 151 Å². The molecule has 0 radical (unpaired) electrons. The second-order valence-corrected chi connectivity index (χ2v) is 8.21. The Morgan fingerprint density at radius 1 is 1.15 bits per heavy atom. The van der Waals surface area contributed by atoms with Gasteiger partial charge in [-0.1, -0.05) is 12.1 Å². The van der Waals surface area contributed by atoms with Gasteiger partial charge in [0.25, 0.3) is 0 Å². The quantitative estimate of drug-likeness (QED) is 0.770. The number of aliphatic hydroxyl groups excluding tert-OH is 1. The van der Waals surface area contributed by atoms with E-state index in [2.05, 4.69) is 28.3 Å². The van der Waals surface area contributed by atoms with Gasteiger partial charge in [-0.25, -0.2) is 0 Å². The van der Waals surface area contributed by atoms with E-state index in [0.717, 1.165) is 46.9 Å². The highest BCUT2D eigenvalue weighted by molar-refractivity contribution is 5.91. The summed E-state index contributed by atoms with van der Waals surface area (Å²) in [4.78, 5) is 17.2. The fourth-order valence-corrected chi connectivity index (χ4v) is 4.85. The van der Waals surface area contributed by atoms with E-state index in [4.69, 9.17) is 0 Å². The summed E-state index contributed by atoms with van der Waals surface area (Å²) in [5.74, 6) is 0.281. The highest BCUT2D eigenvalue weighted by atomic mass is 16.3. The van der Waals surface area contributed by atoms with Crippen molar-refractivity contribution in [3.8, 4) is 11.1 Å². The molecule has 3 fully saturated rings. The Morgan fingerprint density at radius 2 is 1.96 bits per heavy atom. The Balaban J connectivity index is 1.40. The van der Waals surface area contributed by atoms with Gasteiger partial charge in [0.1, 0.15) is 5.78 Å². The van der Waals surface area contributed by atoms with Crippen LogP contribution in [0.25, 0.3) is 21.9 Å². The van der Waals surface area contributed by atoms with Gasteiger partial charge in [0.15, 0.2) is 0 Å². The van der Waals surface area contributed by atoms with Gasteiger partial charge in [-0.05, 0) is 47.8 Å². The van der Waals surface area contributed by atoms with E-state index in [-0.39, 0.29) is 23.2 Å². The monoisotopic (exact) mass is 347 g/mol. The number of nitrogens with zero attached hydrogens (tertiary/aromatic N) is 3. The summed E-state index contributed by atoms with van der Waals surface area (Å²) in [7, 11) is 1.91. The standard InChI is InChI=1S/C21H21N3O2/c1-24-9-17(8-23-24)14-2-3-15-7-22-18(5-16(15)4-14)6-19(26)21-10-20(11-21,12-21)13-25/h2-5,7-9,25H,6,10-13H2,1H3. The van der Waals surface area contributed by atoms with Crippen molar-refractivity contribution in [3.63, 3.8) is 0 Å². The van der Waals surface area contributed by atoms with Crippen molar-refractivity contribution in [1.29, 1.82) is 0 Å². The molecule has 26 heavy (non-hydrogen) atoms. The van der Waals surface area contributed by atoms with Gasteiger partial charge in [-0.3, -0.25) is 14.5 Å². The van der Waals surface area contributed by atoms with E-state index in [1.807, 2.05) is 31.7 Å². The zero-order chi connectivity index (χ0) is 17.9. The van der Waals surface area contributed by atoms with E-state index in [0.29, 0.717) is 6.42 Å². The second-order valence-electron chi connectivity index (χ2n) is 8.21. The van der Waals surface area contributed by atoms with Crippen LogP contribution in [0.2, 0.25) is 0 Å². The molecule has 0 aliphatic heterocycles. The molecule has 2 heterocycles. The Morgan fingerprint density at radius 3 is 2.65 bits per heavy atom. The van der Waals surface area contributed by atoms with Crippen LogP contribution in [0.1, 0.15) is 25.0 Å². The van der Waals surface area contributed by atoms with Crippen molar-refractivity contribution >= 4 is 16.6 Å². The number of ketones is 1. The van der Waals surface area contributed by atoms with Gasteiger partial charge >= 0.3 is 0 Å². The number of hydrogen-bond donors (Lipinski definition) is 1. The lowest BCUT2D eigenvalue weighted by Gasteiger charge is -2.69. The predicted molar refractivity (Wildman–Crippen MR) is 98.5 cm³/mol. The molecule has 2 bridgehead atoms. The zero-order valence-corrected chi connectivity index (χ0v) is 14.8. The number of rotatable bonds is 5. The number of aryl methyl sites for hydroxylation is 1. The lowest BCUT2D eigenvalue weighted by Crippen LogP contribution is -2.67. The van der Waals surface area contributed by atoms with E-state index in [1.54, 1.807) is 4.68 Å². The Hall–Kier alpha value is -2.53. The van der Waals surface area contributed by atoms with Crippen molar-refractivity contribution in [2.75, 3.05) is 6.61 Å². The fourth-order valence-electron chi connectivity index (χ4n) is 4.85. The van der Waals surface area contributed by atoms with Crippen LogP contribution in [0.5, 0.6) is 0 Å². The van der Waals surface area contributed by atoms with Crippen molar-refractivity contribution in [2.45, 2.75) is 25.7 Å². The molecule has 2 aromatic heterocycles. The molecule has 6 rings (SSSR count). The molecule has 5 heteroatoms. The van der Waals surface area contributed by atoms with Crippen LogP contribution < -0.4 is 0 Å². The van der Waals surface area contributed by atoms with Crippen LogP contribution in [-0.4, -0.2) is 32.3 Å². The summed E-state index contributed by atoms with van der Waals surface area (Å²) in [6.45, 7) is 0.216. The third-order valence-corrected chi connectivity index (χ3v) is 6.23. The normalized spacial score (nSPS) is 26.4. The minimum Gasteiger partial charge on any atom is -0.396 e. The van der Waals surface area contributed by atoms with Crippen LogP contribution in [0.15, 0.2) is 42.9 Å². The number of benzene rings is 1. The maximum absolute atomic E-state index is 12.7. The lowest BCUT2D eigenvalue weighted by atomic mass is 9.34. The summed E-state index contributed by atoms with van der Waals surface area (Å²) in [6.07, 6.45) is 8.64. The highest BCUT2D eigenvalue weighted by Crippen LogP contribution is 2.73. The first-order chi connectivity index (χ1) is 12.5. The summed E-state index contributed by atoms with van der Waals surface area (Å²) in [5, 5.41) is 15.8. The van der Waals surface area contributed by atoms with Gasteiger partial charge < -0.3 is 5.11 Å². The van der Waals surface area contributed by atoms with Crippen molar-refractivity contribution in [1.82, 2.24) is 14.8 Å². The molecule has 0 unspecified atom stereocenters. The number of aliphatic hydroxyl groups is 1. The Bertz CT molecular complexity index is 1020. The summed E-state index contributed by atoms with van der Waals surface area (Å²) < 4.78 is 1.79. The first kappa shape index (κ1) is 15.7. The fraction of sp³-hybridized carbons (Fsp3) is 0.381. The largest absolute Gasteiger partial charge is 0.396 e. The smallest absolute Gasteiger partial charge is 0.145 e. The van der Waals surface area contributed by atoms with Crippen molar-refractivity contribution < 1.29 is 9.90 Å². The first-order valence-electron chi connectivity index (χ1n) is 9.03. The number of Topliss-reactive ketones (excluding diaryl/α,β-unsaturated/α-hetero) is 1. The molecule has 0 saturated heterocycles. The maximum atomic E-state index is 12.7. The molecule has 3 aliphatic carbocycles. The third-order valence-electron chi connectivity index (χ3n) is 6.23. The molecule has 0 amide bonds. The SMILES string of the molecule is Cn1cc(-c2ccc3cnc(CC(=O)C45CC(CO)(C4)C5)cc3c2)cn1. The van der Waals surface area contributed by atoms with Crippen LogP contribution in [0.4, 0.5) is 0 Å². The lowest BCUT2D eigenvalue weighted by molar-refractivity contribution is -0.218. The average Bonchev–Trinajstić information content (AvgIpc) is 2.99. The molecule has 1 aromatic carbocycles. The molecule has 3 aliphatic rings. The predicted octanol–water partition coefficient (Wildman–Crippen LogP) is 2.91. The second kappa shape index (κ2) is 5.24. The van der Waals surface area contributed by atoms with Crippen molar-refractivity contribution in [2.24, 2.45) is 17.9 Å². The van der Waals surface area contributed by atoms with E-state index >= 15 is 0 Å². The molecular formula is C21H21N3O2. The van der Waals surface area contributed by atoms with E-state index in [1.165, 1.54) is 0 Å². The molecule has 5 nitrogen and oxygen atoms in total. The van der Waals surface area contributed by atoms with E-state index < -0.39 is 0 Å². The summed E-state index contributed by atoms with van der Waals surface area (Å²) >= 11 is 0. The minimum atomic E-state index is -0.170. The van der Waals surface area contributed by atoms with Crippen LogP contribution in [-0.2, 0) is 18.3 Å². The first-order valence-corrected chi connectivity index (χ1v) is 9.03. The minimum absolute atomic E-state index is 0.0606. The zero-order valence-electron chi connectivity index (χ0n) is 14.8. The van der Waals surface area contributed by atoms with Crippen molar-refractivity contribution in [3.05, 3.63) is 48.5 Å². The summed E-state index contributed by atoms with van der Waals surface area (Å²) in [5.41, 5.74) is 2.90. The molecule has 1 N–H and O–H groups in total. The third kappa shape index (κ3) is 2.23. The highest BCUT2D eigenvalue weighted by Gasteiger charge is 2.70. The number of carbonyl (C=O) groups excluding carboxylic acids is 1. The van der Waals surface area contributed by atoms with Gasteiger partial charge in [-0.2, -0.15) is 5.10 Å². The molecule has 3 saturated carbocycles. The van der Waals surface area contributed by atoms with Crippen LogP contribution in [0, 0.1) is 10.8 Å². The maximum Gasteiger partial charge on any atom is 0.145 e. The van der Waals surface area contributed by atoms with E-state index in [9.17, 15) is 9.90 Å². The molecule has 0 spiro atoms. The number of pyridine rings is 1. The molecule has 132 valence electrons. The number of carbonyl (C=O) groups is 1. The molecule has 3 aromatic rings. The number of fused-ring (bicyclic) bond motifs is 1. The van der Waals surface area contributed by atoms with Crippen LogP contribution >= 0.6 is 0 Å². The number of hydrogen-bond acceptors (Lipinski definition) is 4. The number of aromatic nitrogens is 3.